The van der Waals surface area contributed by atoms with Crippen LogP contribution in [0.1, 0.15) is 0 Å². The van der Waals surface area contributed by atoms with E-state index in [-0.39, 0.29) is 11.5 Å². The molecule has 1 aromatic rings. The quantitative estimate of drug-likeness (QED) is 0.507. The molecule has 4 N–H and O–H groups in total. The molecule has 0 radical (unpaired) electrons. The Balaban J connectivity index is 2.29. The van der Waals surface area contributed by atoms with Crippen molar-refractivity contribution < 1.29 is 44.1 Å². The molecule has 0 unspecified atom stereocenters. The molecule has 1 fully saturated rings. The first kappa shape index (κ1) is 18.6. The molecule has 1 heterocycles. The van der Waals surface area contributed by atoms with Crippen molar-refractivity contribution in [2.75, 3.05) is 27.9 Å². The summed E-state index contributed by atoms with van der Waals surface area (Å²) in [7, 11) is 4.33. The van der Waals surface area contributed by atoms with Crippen LogP contribution < -0.4 is 18.9 Å². The molecule has 9 heteroatoms. The summed E-state index contributed by atoms with van der Waals surface area (Å²) in [5.41, 5.74) is 0. The zero-order valence-corrected chi connectivity index (χ0v) is 13.6. The van der Waals surface area contributed by atoms with Gasteiger partial charge in [-0.15, -0.1) is 0 Å². The Labute approximate surface area is 138 Å². The summed E-state index contributed by atoms with van der Waals surface area (Å²) in [6, 6.07) is 3.00. The molecule has 9 nitrogen and oxygen atoms in total. The van der Waals surface area contributed by atoms with Crippen molar-refractivity contribution in [3.05, 3.63) is 12.1 Å². The molecule has 1 aromatic carbocycles. The molecule has 136 valence electrons. The first-order valence-corrected chi connectivity index (χ1v) is 7.24. The molecule has 1 aliphatic rings. The Morgan fingerprint density at radius 1 is 0.833 bits per heavy atom. The van der Waals surface area contributed by atoms with Gasteiger partial charge in [0.1, 0.15) is 24.4 Å². The minimum Gasteiger partial charge on any atom is -0.493 e. The molecule has 0 amide bonds. The van der Waals surface area contributed by atoms with E-state index in [0.717, 1.165) is 0 Å². The zero-order chi connectivity index (χ0) is 17.9. The maximum absolute atomic E-state index is 10.0. The molecule has 2 rings (SSSR count). The van der Waals surface area contributed by atoms with Gasteiger partial charge in [0.25, 0.3) is 0 Å². The molecular formula is C15H22O9. The van der Waals surface area contributed by atoms with Crippen LogP contribution in [0.25, 0.3) is 0 Å². The Hall–Kier alpha value is -1.78. The van der Waals surface area contributed by atoms with Gasteiger partial charge in [-0.25, -0.2) is 0 Å². The second-order valence-corrected chi connectivity index (χ2v) is 5.17. The number of ether oxygens (including phenoxy) is 5. The molecule has 1 saturated heterocycles. The number of aliphatic hydroxyl groups excluding tert-OH is 4. The third kappa shape index (κ3) is 3.50. The largest absolute Gasteiger partial charge is 0.493 e. The number of hydrogen-bond acceptors (Lipinski definition) is 9. The summed E-state index contributed by atoms with van der Waals surface area (Å²) >= 11 is 0. The van der Waals surface area contributed by atoms with Crippen molar-refractivity contribution in [2.24, 2.45) is 0 Å². The number of benzene rings is 1. The SMILES string of the molecule is COc1cc(OC)c(O[C@@H]2O[C@H](CO)[C@@H](O)[C@H](O)[C@H]2O)cc1OC. The van der Waals surface area contributed by atoms with Crippen LogP contribution in [0.15, 0.2) is 12.1 Å². The number of rotatable bonds is 6. The lowest BCUT2D eigenvalue weighted by Gasteiger charge is -2.39. The molecule has 0 aliphatic carbocycles. The minimum atomic E-state index is -1.54. The van der Waals surface area contributed by atoms with E-state index in [2.05, 4.69) is 0 Å². The van der Waals surface area contributed by atoms with Gasteiger partial charge in [-0.2, -0.15) is 0 Å². The monoisotopic (exact) mass is 346 g/mol. The van der Waals surface area contributed by atoms with Crippen molar-refractivity contribution in [3.63, 3.8) is 0 Å². The van der Waals surface area contributed by atoms with Gasteiger partial charge in [-0.3, -0.25) is 0 Å². The maximum atomic E-state index is 10.0. The third-order valence-electron chi connectivity index (χ3n) is 3.76. The highest BCUT2D eigenvalue weighted by atomic mass is 16.7. The van der Waals surface area contributed by atoms with Gasteiger partial charge in [-0.05, 0) is 0 Å². The standard InChI is InChI=1S/C15H22O9/c1-20-7-4-9(22-3)10(5-8(7)21-2)23-15-14(19)13(18)12(17)11(6-16)24-15/h4-5,11-19H,6H2,1-3H3/t11-,12-,13+,14-,15-/m1/s1. The van der Waals surface area contributed by atoms with Crippen LogP contribution in [-0.2, 0) is 4.74 Å². The van der Waals surface area contributed by atoms with Gasteiger partial charge < -0.3 is 44.1 Å². The van der Waals surface area contributed by atoms with Gasteiger partial charge in [0, 0.05) is 12.1 Å². The van der Waals surface area contributed by atoms with Crippen LogP contribution in [0.3, 0.4) is 0 Å². The molecule has 24 heavy (non-hydrogen) atoms. The molecule has 0 spiro atoms. The molecular weight excluding hydrogens is 324 g/mol. The van der Waals surface area contributed by atoms with Gasteiger partial charge in [0.2, 0.25) is 6.29 Å². The Kier molecular flexibility index (Phi) is 6.08. The second-order valence-electron chi connectivity index (χ2n) is 5.17. The number of hydrogen-bond donors (Lipinski definition) is 4. The van der Waals surface area contributed by atoms with E-state index in [9.17, 15) is 20.4 Å². The predicted molar refractivity (Wildman–Crippen MR) is 80.5 cm³/mol. The van der Waals surface area contributed by atoms with Gasteiger partial charge in [0.05, 0.1) is 27.9 Å². The number of methoxy groups -OCH3 is 3. The van der Waals surface area contributed by atoms with Crippen molar-refractivity contribution in [1.29, 1.82) is 0 Å². The van der Waals surface area contributed by atoms with E-state index in [0.29, 0.717) is 11.5 Å². The van der Waals surface area contributed by atoms with Crippen LogP contribution in [-0.4, -0.2) is 79.1 Å². The van der Waals surface area contributed by atoms with Crippen molar-refractivity contribution in [2.45, 2.75) is 30.7 Å². The van der Waals surface area contributed by atoms with Crippen LogP contribution >= 0.6 is 0 Å². The highest BCUT2D eigenvalue weighted by Gasteiger charge is 2.45. The summed E-state index contributed by atoms with van der Waals surface area (Å²) in [5, 5.41) is 38.8. The normalized spacial score (nSPS) is 29.9. The molecule has 1 aliphatic heterocycles. The number of aliphatic hydroxyl groups is 4. The smallest absolute Gasteiger partial charge is 0.229 e. The lowest BCUT2D eigenvalue weighted by molar-refractivity contribution is -0.277. The second kappa shape index (κ2) is 7.86. The summed E-state index contributed by atoms with van der Waals surface area (Å²) in [6.45, 7) is -0.548. The van der Waals surface area contributed by atoms with Crippen molar-refractivity contribution in [3.8, 4) is 23.0 Å². The Morgan fingerprint density at radius 2 is 1.33 bits per heavy atom. The van der Waals surface area contributed by atoms with Gasteiger partial charge in [-0.1, -0.05) is 0 Å². The third-order valence-corrected chi connectivity index (χ3v) is 3.76. The van der Waals surface area contributed by atoms with Crippen molar-refractivity contribution in [1.82, 2.24) is 0 Å². The van der Waals surface area contributed by atoms with Crippen LogP contribution in [0, 0.1) is 0 Å². The molecule has 0 saturated carbocycles. The average Bonchev–Trinajstić information content (AvgIpc) is 2.61. The first-order chi connectivity index (χ1) is 11.5. The van der Waals surface area contributed by atoms with E-state index in [1.165, 1.54) is 33.5 Å². The lowest BCUT2D eigenvalue weighted by Crippen LogP contribution is -2.60. The molecule has 5 atom stereocenters. The van der Waals surface area contributed by atoms with Gasteiger partial charge in [0.15, 0.2) is 23.0 Å². The Morgan fingerprint density at radius 3 is 1.83 bits per heavy atom. The average molecular weight is 346 g/mol. The highest BCUT2D eigenvalue weighted by molar-refractivity contribution is 5.54. The first-order valence-electron chi connectivity index (χ1n) is 7.24. The van der Waals surface area contributed by atoms with E-state index in [1.54, 1.807) is 0 Å². The van der Waals surface area contributed by atoms with E-state index in [4.69, 9.17) is 23.7 Å². The lowest BCUT2D eigenvalue weighted by atomic mass is 9.99. The van der Waals surface area contributed by atoms with Gasteiger partial charge >= 0.3 is 0 Å². The Bertz CT molecular complexity index is 548. The maximum Gasteiger partial charge on any atom is 0.229 e. The summed E-state index contributed by atoms with van der Waals surface area (Å²) < 4.78 is 26.4. The molecule has 0 bridgehead atoms. The zero-order valence-electron chi connectivity index (χ0n) is 13.6. The minimum absolute atomic E-state index is 0.166. The van der Waals surface area contributed by atoms with Crippen LogP contribution in [0.4, 0.5) is 0 Å². The fourth-order valence-corrected chi connectivity index (χ4v) is 2.38. The fourth-order valence-electron chi connectivity index (χ4n) is 2.38. The summed E-state index contributed by atoms with van der Waals surface area (Å²) in [6.07, 6.45) is -6.92. The van der Waals surface area contributed by atoms with E-state index < -0.39 is 37.3 Å². The summed E-state index contributed by atoms with van der Waals surface area (Å²) in [4.78, 5) is 0. The van der Waals surface area contributed by atoms with E-state index >= 15 is 0 Å². The van der Waals surface area contributed by atoms with Crippen LogP contribution in [0.2, 0.25) is 0 Å². The fraction of sp³-hybridized carbons (Fsp3) is 0.600. The summed E-state index contributed by atoms with van der Waals surface area (Å²) in [5.74, 6) is 1.22. The van der Waals surface area contributed by atoms with Crippen LogP contribution in [0.5, 0.6) is 23.0 Å². The topological polar surface area (TPSA) is 127 Å². The predicted octanol–water partition coefficient (Wildman–Crippen LogP) is -1.11. The van der Waals surface area contributed by atoms with E-state index in [1.807, 2.05) is 0 Å². The molecule has 0 aromatic heterocycles. The van der Waals surface area contributed by atoms with Crippen molar-refractivity contribution >= 4 is 0 Å². The highest BCUT2D eigenvalue weighted by Crippen LogP contribution is 2.40.